The average Bonchev–Trinajstić information content (AvgIpc) is 2.72. The molecule has 12 heteroatoms. The molecule has 2 aromatic carbocycles. The summed E-state index contributed by atoms with van der Waals surface area (Å²) in [6, 6.07) is 8.95. The fraction of sp³-hybridized carbons (Fsp3) is 0.238. The Bertz CT molecular complexity index is 1020. The Morgan fingerprint density at radius 2 is 1.55 bits per heavy atom. The van der Waals surface area contributed by atoms with E-state index in [1.165, 1.54) is 42.5 Å². The van der Waals surface area contributed by atoms with Gasteiger partial charge in [-0.15, -0.1) is 0 Å². The zero-order chi connectivity index (χ0) is 24.8. The number of nitrogens with one attached hydrogen (secondary N) is 2. The standard InChI is InChI=1S/C21H16Cl2F6N2O2/c22-16-8-6-14(9-17(16)23)15(21(27,28)29)7-3-12-1-4-13(5-2-12)19(33)30-10-18(32)31-11-20(24,25)26/h1-9,15H,10-11H2,(H,30,33)(H,31,32). The molecule has 0 fully saturated rings. The monoisotopic (exact) mass is 512 g/mol. The summed E-state index contributed by atoms with van der Waals surface area (Å²) >= 11 is 11.6. The van der Waals surface area contributed by atoms with E-state index in [1.807, 2.05) is 0 Å². The zero-order valence-electron chi connectivity index (χ0n) is 16.5. The van der Waals surface area contributed by atoms with Gasteiger partial charge in [0, 0.05) is 5.56 Å². The van der Waals surface area contributed by atoms with Gasteiger partial charge in [-0.3, -0.25) is 9.59 Å². The maximum atomic E-state index is 13.5. The van der Waals surface area contributed by atoms with Gasteiger partial charge >= 0.3 is 12.4 Å². The van der Waals surface area contributed by atoms with Gasteiger partial charge in [-0.1, -0.05) is 53.6 Å². The lowest BCUT2D eigenvalue weighted by Crippen LogP contribution is -2.40. The molecule has 0 spiro atoms. The molecule has 0 aliphatic heterocycles. The van der Waals surface area contributed by atoms with E-state index in [2.05, 4.69) is 5.32 Å². The third kappa shape index (κ3) is 8.62. The van der Waals surface area contributed by atoms with E-state index in [1.54, 1.807) is 5.32 Å². The predicted octanol–water partition coefficient (Wildman–Crippen LogP) is 5.76. The Hall–Kier alpha value is -2.72. The summed E-state index contributed by atoms with van der Waals surface area (Å²) in [7, 11) is 0. The van der Waals surface area contributed by atoms with Gasteiger partial charge in [0.05, 0.1) is 22.5 Å². The van der Waals surface area contributed by atoms with Crippen molar-refractivity contribution in [2.24, 2.45) is 0 Å². The van der Waals surface area contributed by atoms with Gasteiger partial charge < -0.3 is 10.6 Å². The lowest BCUT2D eigenvalue weighted by Gasteiger charge is -2.18. The Kier molecular flexibility index (Phi) is 8.79. The highest BCUT2D eigenvalue weighted by Gasteiger charge is 2.39. The Morgan fingerprint density at radius 1 is 0.909 bits per heavy atom. The highest BCUT2D eigenvalue weighted by Crippen LogP contribution is 2.38. The van der Waals surface area contributed by atoms with Crippen LogP contribution in [0.15, 0.2) is 48.5 Å². The maximum absolute atomic E-state index is 13.5. The van der Waals surface area contributed by atoms with Crippen LogP contribution in [0, 0.1) is 0 Å². The van der Waals surface area contributed by atoms with Gasteiger partial charge in [-0.2, -0.15) is 26.3 Å². The minimum atomic E-state index is -4.60. The van der Waals surface area contributed by atoms with Crippen LogP contribution in [0.4, 0.5) is 26.3 Å². The van der Waals surface area contributed by atoms with Gasteiger partial charge in [0.25, 0.3) is 5.91 Å². The fourth-order valence-corrected chi connectivity index (χ4v) is 2.90. The minimum absolute atomic E-state index is 0.0146. The molecule has 1 atom stereocenters. The topological polar surface area (TPSA) is 58.2 Å². The van der Waals surface area contributed by atoms with Gasteiger partial charge in [0.2, 0.25) is 5.91 Å². The molecule has 0 heterocycles. The van der Waals surface area contributed by atoms with Crippen molar-refractivity contribution >= 4 is 41.1 Å². The van der Waals surface area contributed by atoms with Crippen molar-refractivity contribution in [1.82, 2.24) is 10.6 Å². The number of hydrogen-bond donors (Lipinski definition) is 2. The molecule has 0 saturated heterocycles. The molecule has 0 radical (unpaired) electrons. The van der Waals surface area contributed by atoms with E-state index in [0.29, 0.717) is 5.56 Å². The van der Waals surface area contributed by atoms with Crippen LogP contribution < -0.4 is 10.6 Å². The third-order valence-corrected chi connectivity index (χ3v) is 4.94. The molecular weight excluding hydrogens is 497 g/mol. The second kappa shape index (κ2) is 10.9. The first-order valence-electron chi connectivity index (χ1n) is 9.18. The summed E-state index contributed by atoms with van der Waals surface area (Å²) in [5.41, 5.74) is 0.310. The van der Waals surface area contributed by atoms with E-state index in [-0.39, 0.29) is 21.2 Å². The van der Waals surface area contributed by atoms with E-state index >= 15 is 0 Å². The first-order chi connectivity index (χ1) is 15.3. The summed E-state index contributed by atoms with van der Waals surface area (Å²) in [5, 5.41) is 3.86. The van der Waals surface area contributed by atoms with Crippen molar-refractivity contribution in [1.29, 1.82) is 0 Å². The van der Waals surface area contributed by atoms with Crippen molar-refractivity contribution in [3.8, 4) is 0 Å². The molecule has 33 heavy (non-hydrogen) atoms. The minimum Gasteiger partial charge on any atom is -0.345 e. The maximum Gasteiger partial charge on any atom is 0.405 e. The first-order valence-corrected chi connectivity index (χ1v) is 9.93. The lowest BCUT2D eigenvalue weighted by molar-refractivity contribution is -0.139. The molecule has 2 amide bonds. The second-order valence-electron chi connectivity index (χ2n) is 6.75. The Labute approximate surface area is 194 Å². The van der Waals surface area contributed by atoms with E-state index in [9.17, 15) is 35.9 Å². The lowest BCUT2D eigenvalue weighted by atomic mass is 9.97. The van der Waals surface area contributed by atoms with Crippen LogP contribution >= 0.6 is 23.2 Å². The van der Waals surface area contributed by atoms with Crippen LogP contribution in [0.5, 0.6) is 0 Å². The fourth-order valence-electron chi connectivity index (χ4n) is 2.59. The highest BCUT2D eigenvalue weighted by molar-refractivity contribution is 6.42. The number of carbonyl (C=O) groups is 2. The number of amides is 2. The molecule has 4 nitrogen and oxygen atoms in total. The van der Waals surface area contributed by atoms with E-state index in [0.717, 1.165) is 12.1 Å². The van der Waals surface area contributed by atoms with Crippen LogP contribution in [0.25, 0.3) is 6.08 Å². The van der Waals surface area contributed by atoms with E-state index < -0.39 is 43.2 Å². The molecule has 0 aromatic heterocycles. The quantitative estimate of drug-likeness (QED) is 0.463. The SMILES string of the molecule is O=C(CNC(=O)c1ccc(C=CC(c2ccc(Cl)c(Cl)c2)C(F)(F)F)cc1)NCC(F)(F)F. The predicted molar refractivity (Wildman–Crippen MR) is 112 cm³/mol. The number of benzene rings is 2. The first kappa shape index (κ1) is 26.5. The van der Waals surface area contributed by atoms with Crippen LogP contribution in [0.3, 0.4) is 0 Å². The van der Waals surface area contributed by atoms with Crippen molar-refractivity contribution in [2.45, 2.75) is 18.3 Å². The molecule has 178 valence electrons. The van der Waals surface area contributed by atoms with Gasteiger partial charge in [-0.05, 0) is 35.4 Å². The Morgan fingerprint density at radius 3 is 2.09 bits per heavy atom. The zero-order valence-corrected chi connectivity index (χ0v) is 18.0. The van der Waals surface area contributed by atoms with Gasteiger partial charge in [-0.25, -0.2) is 0 Å². The molecule has 0 aliphatic rings. The van der Waals surface area contributed by atoms with Gasteiger partial charge in [0.1, 0.15) is 6.54 Å². The summed E-state index contributed by atoms with van der Waals surface area (Å²) in [5.74, 6) is -3.72. The molecule has 0 saturated carbocycles. The van der Waals surface area contributed by atoms with Crippen LogP contribution in [0.2, 0.25) is 10.0 Å². The number of allylic oxidation sites excluding steroid dienone is 1. The summed E-state index contributed by atoms with van der Waals surface area (Å²) in [6.07, 6.45) is -7.03. The molecule has 1 unspecified atom stereocenters. The second-order valence-corrected chi connectivity index (χ2v) is 7.56. The summed E-state index contributed by atoms with van der Waals surface area (Å²) in [4.78, 5) is 23.3. The Balaban J connectivity index is 2.03. The third-order valence-electron chi connectivity index (χ3n) is 4.20. The number of rotatable bonds is 7. The number of alkyl halides is 6. The smallest absolute Gasteiger partial charge is 0.345 e. The van der Waals surface area contributed by atoms with Crippen LogP contribution in [0.1, 0.15) is 27.4 Å². The van der Waals surface area contributed by atoms with Crippen molar-refractivity contribution in [3.05, 3.63) is 75.3 Å². The van der Waals surface area contributed by atoms with Crippen molar-refractivity contribution < 1.29 is 35.9 Å². The highest BCUT2D eigenvalue weighted by atomic mass is 35.5. The van der Waals surface area contributed by atoms with Crippen molar-refractivity contribution in [2.75, 3.05) is 13.1 Å². The van der Waals surface area contributed by atoms with Crippen molar-refractivity contribution in [3.63, 3.8) is 0 Å². The molecule has 2 aromatic rings. The van der Waals surface area contributed by atoms with Crippen LogP contribution in [-0.2, 0) is 4.79 Å². The number of halogens is 8. The molecule has 0 aliphatic carbocycles. The van der Waals surface area contributed by atoms with E-state index in [4.69, 9.17) is 23.2 Å². The molecule has 2 rings (SSSR count). The number of carbonyl (C=O) groups excluding carboxylic acids is 2. The van der Waals surface area contributed by atoms with Crippen LogP contribution in [-0.4, -0.2) is 37.3 Å². The molecule has 0 bridgehead atoms. The normalized spacial score (nSPS) is 13.1. The number of hydrogen-bond acceptors (Lipinski definition) is 2. The molecular formula is C21H16Cl2F6N2O2. The average molecular weight is 513 g/mol. The summed E-state index contributed by atoms with van der Waals surface area (Å²) < 4.78 is 76.7. The summed E-state index contributed by atoms with van der Waals surface area (Å²) in [6.45, 7) is -2.20. The molecule has 2 N–H and O–H groups in total. The van der Waals surface area contributed by atoms with Gasteiger partial charge in [0.15, 0.2) is 0 Å². The largest absolute Gasteiger partial charge is 0.405 e.